The summed E-state index contributed by atoms with van der Waals surface area (Å²) in [5, 5.41) is 14.4. The summed E-state index contributed by atoms with van der Waals surface area (Å²) in [6.07, 6.45) is 1.60. The molecule has 0 saturated heterocycles. The summed E-state index contributed by atoms with van der Waals surface area (Å²) < 4.78 is 0.986. The Morgan fingerprint density at radius 1 is 1.00 bits per heavy atom. The number of benzene rings is 2. The molecule has 0 saturated carbocycles. The van der Waals surface area contributed by atoms with Crippen molar-refractivity contribution in [1.29, 1.82) is 0 Å². The molecule has 22 heavy (non-hydrogen) atoms. The molecule has 110 valence electrons. The molecule has 0 aliphatic heterocycles. The van der Waals surface area contributed by atoms with Crippen molar-refractivity contribution in [1.82, 2.24) is 15.2 Å². The van der Waals surface area contributed by atoms with Crippen LogP contribution in [0, 0.1) is 6.92 Å². The second-order valence-electron chi connectivity index (χ2n) is 4.74. The summed E-state index contributed by atoms with van der Waals surface area (Å²) in [6.45, 7) is 2.04. The van der Waals surface area contributed by atoms with Crippen LogP contribution in [0.1, 0.15) is 5.56 Å². The molecule has 2 aromatic carbocycles. The summed E-state index contributed by atoms with van der Waals surface area (Å²) in [5.41, 5.74) is 3.03. The molecule has 1 aromatic heterocycles. The van der Waals surface area contributed by atoms with Crippen LogP contribution in [0.5, 0.6) is 0 Å². The van der Waals surface area contributed by atoms with Crippen LogP contribution in [0.15, 0.2) is 59.2 Å². The number of anilines is 4. The molecule has 0 amide bonds. The lowest BCUT2D eigenvalue weighted by Crippen LogP contribution is -2.02. The van der Waals surface area contributed by atoms with E-state index in [0.717, 1.165) is 21.4 Å². The number of rotatable bonds is 4. The number of para-hydroxylation sites is 1. The van der Waals surface area contributed by atoms with Gasteiger partial charge in [0, 0.05) is 15.8 Å². The molecule has 0 radical (unpaired) electrons. The molecule has 0 bridgehead atoms. The molecule has 1 heterocycles. The van der Waals surface area contributed by atoms with E-state index in [-0.39, 0.29) is 0 Å². The van der Waals surface area contributed by atoms with Crippen LogP contribution in [0.3, 0.4) is 0 Å². The molecule has 0 aliphatic rings. The van der Waals surface area contributed by atoms with Gasteiger partial charge in [0.05, 0.1) is 6.20 Å². The van der Waals surface area contributed by atoms with Crippen LogP contribution in [-0.4, -0.2) is 15.2 Å². The Kier molecular flexibility index (Phi) is 4.29. The van der Waals surface area contributed by atoms with Crippen LogP contribution in [0.25, 0.3) is 0 Å². The van der Waals surface area contributed by atoms with Crippen LogP contribution < -0.4 is 10.6 Å². The number of aryl methyl sites for hydroxylation is 1. The average molecular weight is 356 g/mol. The first-order valence-corrected chi connectivity index (χ1v) is 7.55. The van der Waals surface area contributed by atoms with Crippen molar-refractivity contribution in [3.05, 3.63) is 64.8 Å². The van der Waals surface area contributed by atoms with E-state index in [9.17, 15) is 0 Å². The smallest absolute Gasteiger partial charge is 0.249 e. The van der Waals surface area contributed by atoms with Gasteiger partial charge in [-0.1, -0.05) is 40.2 Å². The minimum atomic E-state index is 0.441. The number of aromatic nitrogens is 3. The summed E-state index contributed by atoms with van der Waals surface area (Å²) >= 11 is 3.43. The molecule has 0 spiro atoms. The third kappa shape index (κ3) is 3.59. The Morgan fingerprint density at radius 2 is 1.86 bits per heavy atom. The van der Waals surface area contributed by atoms with Crippen molar-refractivity contribution in [3.8, 4) is 0 Å². The zero-order valence-corrected chi connectivity index (χ0v) is 13.5. The molecule has 0 atom stereocenters. The van der Waals surface area contributed by atoms with E-state index < -0.39 is 0 Å². The number of hydrogen-bond donors (Lipinski definition) is 2. The normalized spacial score (nSPS) is 10.3. The zero-order chi connectivity index (χ0) is 15.4. The van der Waals surface area contributed by atoms with Crippen LogP contribution in [0.4, 0.5) is 23.1 Å². The molecule has 0 fully saturated rings. The molecular weight excluding hydrogens is 342 g/mol. The van der Waals surface area contributed by atoms with E-state index >= 15 is 0 Å². The van der Waals surface area contributed by atoms with Gasteiger partial charge in [-0.25, -0.2) is 0 Å². The Morgan fingerprint density at radius 3 is 2.68 bits per heavy atom. The molecule has 0 aliphatic carbocycles. The highest BCUT2D eigenvalue weighted by molar-refractivity contribution is 9.10. The van der Waals surface area contributed by atoms with Crippen LogP contribution in [-0.2, 0) is 0 Å². The summed E-state index contributed by atoms with van der Waals surface area (Å²) in [4.78, 5) is 4.42. The molecule has 6 heteroatoms. The molecule has 0 unspecified atom stereocenters. The van der Waals surface area contributed by atoms with E-state index in [1.807, 2.05) is 55.5 Å². The first-order valence-electron chi connectivity index (χ1n) is 6.76. The number of hydrogen-bond acceptors (Lipinski definition) is 5. The molecular formula is C16H14BrN5. The lowest BCUT2D eigenvalue weighted by Gasteiger charge is -2.09. The summed E-state index contributed by atoms with van der Waals surface area (Å²) in [5.74, 6) is 1.08. The highest BCUT2D eigenvalue weighted by atomic mass is 79.9. The fourth-order valence-corrected chi connectivity index (χ4v) is 2.36. The van der Waals surface area contributed by atoms with Crippen molar-refractivity contribution in [2.75, 3.05) is 10.6 Å². The second-order valence-corrected chi connectivity index (χ2v) is 5.66. The van der Waals surface area contributed by atoms with Crippen molar-refractivity contribution in [3.63, 3.8) is 0 Å². The average Bonchev–Trinajstić information content (AvgIpc) is 2.50. The predicted molar refractivity (Wildman–Crippen MR) is 91.7 cm³/mol. The molecule has 2 N–H and O–H groups in total. The van der Waals surface area contributed by atoms with Gasteiger partial charge in [-0.15, -0.1) is 5.10 Å². The molecule has 3 aromatic rings. The van der Waals surface area contributed by atoms with Crippen molar-refractivity contribution in [2.24, 2.45) is 0 Å². The Balaban J connectivity index is 1.79. The van der Waals surface area contributed by atoms with Gasteiger partial charge in [-0.05, 0) is 36.8 Å². The van der Waals surface area contributed by atoms with Gasteiger partial charge in [-0.3, -0.25) is 0 Å². The Labute approximate surface area is 137 Å². The zero-order valence-electron chi connectivity index (χ0n) is 11.9. The van der Waals surface area contributed by atoms with Gasteiger partial charge in [-0.2, -0.15) is 10.1 Å². The SMILES string of the molecule is Cc1ccccc1Nc1cnnc(Nc2cccc(Br)c2)n1. The predicted octanol–water partition coefficient (Wildman–Crippen LogP) is 4.43. The lowest BCUT2D eigenvalue weighted by atomic mass is 10.2. The number of nitrogens with zero attached hydrogens (tertiary/aromatic N) is 3. The fraction of sp³-hybridized carbons (Fsp3) is 0.0625. The minimum absolute atomic E-state index is 0.441. The first kappa shape index (κ1) is 14.5. The highest BCUT2D eigenvalue weighted by Gasteiger charge is 2.03. The van der Waals surface area contributed by atoms with E-state index in [2.05, 4.69) is 41.7 Å². The van der Waals surface area contributed by atoms with Gasteiger partial charge in [0.1, 0.15) is 0 Å². The Hall–Kier alpha value is -2.47. The lowest BCUT2D eigenvalue weighted by molar-refractivity contribution is 0.982. The largest absolute Gasteiger partial charge is 0.339 e. The maximum atomic E-state index is 4.42. The highest BCUT2D eigenvalue weighted by Crippen LogP contribution is 2.21. The van der Waals surface area contributed by atoms with E-state index in [1.165, 1.54) is 0 Å². The number of halogens is 1. The summed E-state index contributed by atoms with van der Waals surface area (Å²) in [7, 11) is 0. The van der Waals surface area contributed by atoms with Crippen molar-refractivity contribution < 1.29 is 0 Å². The van der Waals surface area contributed by atoms with E-state index in [1.54, 1.807) is 6.20 Å². The van der Waals surface area contributed by atoms with Crippen molar-refractivity contribution in [2.45, 2.75) is 6.92 Å². The maximum Gasteiger partial charge on any atom is 0.249 e. The van der Waals surface area contributed by atoms with Crippen molar-refractivity contribution >= 4 is 39.1 Å². The third-order valence-electron chi connectivity index (χ3n) is 3.05. The maximum absolute atomic E-state index is 4.42. The molecule has 5 nitrogen and oxygen atoms in total. The van der Waals surface area contributed by atoms with Gasteiger partial charge in [0.15, 0.2) is 5.82 Å². The van der Waals surface area contributed by atoms with Gasteiger partial charge in [0.2, 0.25) is 5.95 Å². The third-order valence-corrected chi connectivity index (χ3v) is 3.54. The fourth-order valence-electron chi connectivity index (χ4n) is 1.96. The monoisotopic (exact) mass is 355 g/mol. The standard InChI is InChI=1S/C16H14BrN5/c1-11-5-2-3-8-14(11)20-15-10-18-22-16(21-15)19-13-7-4-6-12(17)9-13/h2-10H,1H3,(H2,19,20,21,22). The van der Waals surface area contributed by atoms with Crippen LogP contribution in [0.2, 0.25) is 0 Å². The quantitative estimate of drug-likeness (QED) is 0.724. The molecule has 3 rings (SSSR count). The van der Waals surface area contributed by atoms with Gasteiger partial charge >= 0.3 is 0 Å². The summed E-state index contributed by atoms with van der Waals surface area (Å²) in [6, 6.07) is 15.8. The first-order chi connectivity index (χ1) is 10.7. The van der Waals surface area contributed by atoms with E-state index in [4.69, 9.17) is 0 Å². The van der Waals surface area contributed by atoms with Gasteiger partial charge < -0.3 is 10.6 Å². The second kappa shape index (κ2) is 6.53. The Bertz CT molecular complexity index is 791. The van der Waals surface area contributed by atoms with Gasteiger partial charge in [0.25, 0.3) is 0 Å². The minimum Gasteiger partial charge on any atom is -0.339 e. The van der Waals surface area contributed by atoms with E-state index in [0.29, 0.717) is 11.8 Å². The topological polar surface area (TPSA) is 62.7 Å². The number of nitrogens with one attached hydrogen (secondary N) is 2. The van der Waals surface area contributed by atoms with Crippen LogP contribution >= 0.6 is 15.9 Å².